The van der Waals surface area contributed by atoms with Gasteiger partial charge in [-0.1, -0.05) is 36.4 Å². The number of guanidine groups is 2. The molecule has 0 unspecified atom stereocenters. The van der Waals surface area contributed by atoms with Gasteiger partial charge in [-0.05, 0) is 28.8 Å². The molecule has 0 bridgehead atoms. The monoisotopic (exact) mass is 506 g/mol. The Bertz CT molecular complexity index is 1150. The first-order valence-electron chi connectivity index (χ1n) is 12.3. The maximum atomic E-state index is 11.6. The number of carbonyl (C=O) groups excluding carboxylic acids is 1. The molecule has 0 radical (unpaired) electrons. The van der Waals surface area contributed by atoms with Gasteiger partial charge in [0.1, 0.15) is 12.4 Å². The van der Waals surface area contributed by atoms with Crippen molar-refractivity contribution in [1.82, 2.24) is 20.9 Å². The number of nitrogens with one attached hydrogen (secondary N) is 3. The maximum Gasteiger partial charge on any atom is 0.344 e. The summed E-state index contributed by atoms with van der Waals surface area (Å²) in [6.45, 7) is 6.43. The molecule has 0 aromatic heterocycles. The molecule has 2 aliphatic rings. The second kappa shape index (κ2) is 13.3. The number of para-hydroxylation sites is 1. The number of aliphatic imine (C=N–C) groups is 2. The summed E-state index contributed by atoms with van der Waals surface area (Å²) in [5.41, 5.74) is 14.5. The van der Waals surface area contributed by atoms with E-state index < -0.39 is 6.03 Å². The zero-order valence-electron chi connectivity index (χ0n) is 20.8. The van der Waals surface area contributed by atoms with Crippen molar-refractivity contribution in [2.24, 2.45) is 21.5 Å². The van der Waals surface area contributed by atoms with Gasteiger partial charge >= 0.3 is 6.03 Å². The largest absolute Gasteiger partial charge is 0.492 e. The lowest BCUT2D eigenvalue weighted by Gasteiger charge is -2.26. The van der Waals surface area contributed by atoms with Gasteiger partial charge in [0.05, 0.1) is 19.8 Å². The molecule has 2 heterocycles. The minimum absolute atomic E-state index is 0.272. The molecule has 2 aromatic rings. The van der Waals surface area contributed by atoms with Crippen LogP contribution in [0.4, 0.5) is 4.79 Å². The standard InChI is InChI=1S/C26H34N8O3/c27-24(28)33-26(35)32-15-19-4-3-6-20(14-19)22-17-30-25(31-18-22)29-16-21-5-1-2-7-23(21)37-13-10-34-8-11-36-12-9-34/h1-7,14,17H,8-13,15-16,18H2,(H2,29,30,31)(H5,27,28,32,33,35). The summed E-state index contributed by atoms with van der Waals surface area (Å²) in [5.74, 6) is 1.30. The van der Waals surface area contributed by atoms with Crippen molar-refractivity contribution in [3.8, 4) is 5.75 Å². The van der Waals surface area contributed by atoms with Gasteiger partial charge in [-0.25, -0.2) is 9.79 Å². The fourth-order valence-electron chi connectivity index (χ4n) is 3.99. The highest BCUT2D eigenvalue weighted by molar-refractivity contribution is 5.90. The van der Waals surface area contributed by atoms with E-state index in [1.165, 1.54) is 0 Å². The molecule has 1 fully saturated rings. The number of hydrogen-bond donors (Lipinski definition) is 5. The van der Waals surface area contributed by atoms with Crippen LogP contribution in [0.2, 0.25) is 0 Å². The normalized spacial score (nSPS) is 15.6. The molecule has 2 aliphatic heterocycles. The van der Waals surface area contributed by atoms with Gasteiger partial charge in [0.2, 0.25) is 0 Å². The van der Waals surface area contributed by atoms with E-state index in [1.54, 1.807) is 0 Å². The summed E-state index contributed by atoms with van der Waals surface area (Å²) in [7, 11) is 0. The number of ether oxygens (including phenoxy) is 2. The van der Waals surface area contributed by atoms with Crippen molar-refractivity contribution >= 4 is 23.5 Å². The third-order valence-corrected chi connectivity index (χ3v) is 5.95. The Labute approximate surface area is 216 Å². The molecular formula is C26H34N8O3. The average molecular weight is 507 g/mol. The molecule has 196 valence electrons. The van der Waals surface area contributed by atoms with Crippen LogP contribution in [0.3, 0.4) is 0 Å². The van der Waals surface area contributed by atoms with Gasteiger partial charge in [0.15, 0.2) is 11.9 Å². The highest BCUT2D eigenvalue weighted by Crippen LogP contribution is 2.19. The third kappa shape index (κ3) is 8.23. The van der Waals surface area contributed by atoms with Gasteiger partial charge in [-0.3, -0.25) is 4.90 Å². The van der Waals surface area contributed by atoms with Crippen molar-refractivity contribution in [3.05, 3.63) is 71.4 Å². The second-order valence-electron chi connectivity index (χ2n) is 8.64. The molecule has 37 heavy (non-hydrogen) atoms. The van der Waals surface area contributed by atoms with Crippen LogP contribution in [0.1, 0.15) is 16.7 Å². The highest BCUT2D eigenvalue weighted by Gasteiger charge is 2.12. The van der Waals surface area contributed by atoms with Crippen molar-refractivity contribution in [2.45, 2.75) is 13.1 Å². The van der Waals surface area contributed by atoms with Crippen LogP contribution in [-0.4, -0.2) is 68.8 Å². The fraction of sp³-hybridized carbons (Fsp3) is 0.346. The van der Waals surface area contributed by atoms with Gasteiger partial charge in [-0.2, -0.15) is 4.99 Å². The summed E-state index contributed by atoms with van der Waals surface area (Å²) >= 11 is 0. The quantitative estimate of drug-likeness (QED) is 0.249. The molecular weight excluding hydrogens is 472 g/mol. The van der Waals surface area contributed by atoms with E-state index in [0.29, 0.717) is 32.2 Å². The van der Waals surface area contributed by atoms with Crippen LogP contribution in [0.25, 0.3) is 5.57 Å². The lowest BCUT2D eigenvalue weighted by molar-refractivity contribution is 0.0322. The van der Waals surface area contributed by atoms with Crippen LogP contribution in [0.15, 0.2) is 64.7 Å². The number of nitrogens with zero attached hydrogens (tertiary/aromatic N) is 3. The van der Waals surface area contributed by atoms with Crippen LogP contribution in [0.5, 0.6) is 5.75 Å². The molecule has 11 nitrogen and oxygen atoms in total. The average Bonchev–Trinajstić information content (AvgIpc) is 2.92. The molecule has 0 atom stereocenters. The predicted octanol–water partition coefficient (Wildman–Crippen LogP) is 0.971. The van der Waals surface area contributed by atoms with Gasteiger partial charge in [0.25, 0.3) is 0 Å². The minimum atomic E-state index is -0.576. The number of urea groups is 1. The number of amides is 2. The summed E-state index contributed by atoms with van der Waals surface area (Å²) in [4.78, 5) is 22.1. The SMILES string of the molecule is NC(N)=NC(=O)NCc1cccc(C2=CNC(NCc3ccccc3OCCN3CCOCC3)=NC2)c1. The van der Waals surface area contributed by atoms with E-state index in [0.717, 1.165) is 60.9 Å². The third-order valence-electron chi connectivity index (χ3n) is 5.95. The van der Waals surface area contributed by atoms with Crippen molar-refractivity contribution in [2.75, 3.05) is 46.0 Å². The van der Waals surface area contributed by atoms with Crippen LogP contribution in [-0.2, 0) is 17.8 Å². The lowest BCUT2D eigenvalue weighted by atomic mass is 10.0. The van der Waals surface area contributed by atoms with Gasteiger partial charge < -0.3 is 36.9 Å². The smallest absolute Gasteiger partial charge is 0.344 e. The molecule has 7 N–H and O–H groups in total. The van der Waals surface area contributed by atoms with Crippen molar-refractivity contribution in [1.29, 1.82) is 0 Å². The first kappa shape index (κ1) is 26.0. The molecule has 0 aliphatic carbocycles. The Balaban J connectivity index is 1.25. The van der Waals surface area contributed by atoms with Crippen LogP contribution < -0.4 is 32.2 Å². The second-order valence-corrected chi connectivity index (χ2v) is 8.64. The number of rotatable bonds is 9. The van der Waals surface area contributed by atoms with Crippen molar-refractivity contribution < 1.29 is 14.3 Å². The Kier molecular flexibility index (Phi) is 9.33. The van der Waals surface area contributed by atoms with Gasteiger partial charge in [0, 0.05) is 44.5 Å². The summed E-state index contributed by atoms with van der Waals surface area (Å²) < 4.78 is 11.5. The molecule has 11 heteroatoms. The topological polar surface area (TPSA) is 152 Å². The number of morpholine rings is 1. The summed E-state index contributed by atoms with van der Waals surface area (Å²) in [6.07, 6.45) is 1.94. The zero-order valence-corrected chi connectivity index (χ0v) is 20.8. The molecule has 2 amide bonds. The Morgan fingerprint density at radius 3 is 2.76 bits per heavy atom. The summed E-state index contributed by atoms with van der Waals surface area (Å²) in [6, 6.07) is 15.3. The van der Waals surface area contributed by atoms with Crippen molar-refractivity contribution in [3.63, 3.8) is 0 Å². The van der Waals surface area contributed by atoms with Crippen LogP contribution in [0, 0.1) is 0 Å². The molecule has 0 spiro atoms. The van der Waals surface area contributed by atoms with E-state index in [-0.39, 0.29) is 5.96 Å². The van der Waals surface area contributed by atoms with E-state index in [1.807, 2.05) is 48.7 Å². The van der Waals surface area contributed by atoms with E-state index >= 15 is 0 Å². The molecule has 4 rings (SSSR count). The zero-order chi connectivity index (χ0) is 25.9. The highest BCUT2D eigenvalue weighted by atomic mass is 16.5. The number of benzene rings is 2. The fourth-order valence-corrected chi connectivity index (χ4v) is 3.99. The van der Waals surface area contributed by atoms with Gasteiger partial charge in [-0.15, -0.1) is 0 Å². The molecule has 1 saturated heterocycles. The minimum Gasteiger partial charge on any atom is -0.492 e. The summed E-state index contributed by atoms with van der Waals surface area (Å²) in [5, 5.41) is 9.25. The van der Waals surface area contributed by atoms with E-state index in [4.69, 9.17) is 20.9 Å². The van der Waals surface area contributed by atoms with Crippen LogP contribution >= 0.6 is 0 Å². The number of nitrogens with two attached hydrogens (primary N) is 2. The van der Waals surface area contributed by atoms with E-state index in [9.17, 15) is 4.79 Å². The molecule has 0 saturated carbocycles. The first-order chi connectivity index (χ1) is 18.1. The first-order valence-corrected chi connectivity index (χ1v) is 12.3. The lowest BCUT2D eigenvalue weighted by Crippen LogP contribution is -2.38. The molecule has 2 aromatic carbocycles. The Hall–Kier alpha value is -4.09. The number of carbonyl (C=O) groups is 1. The number of hydrogen-bond acceptors (Lipinski definition) is 7. The Morgan fingerprint density at radius 2 is 1.97 bits per heavy atom. The predicted molar refractivity (Wildman–Crippen MR) is 144 cm³/mol. The van der Waals surface area contributed by atoms with E-state index in [2.05, 4.69) is 36.9 Å². The Morgan fingerprint density at radius 1 is 1.14 bits per heavy atom. The maximum absolute atomic E-state index is 11.6.